The van der Waals surface area contributed by atoms with Crippen LogP contribution in [0.3, 0.4) is 0 Å². The van der Waals surface area contributed by atoms with E-state index in [9.17, 15) is 0 Å². The summed E-state index contributed by atoms with van der Waals surface area (Å²) in [4.78, 5) is 0. The molecule has 21 heavy (non-hydrogen) atoms. The number of methoxy groups -OCH3 is 2. The predicted octanol–water partition coefficient (Wildman–Crippen LogP) is 2.97. The number of anilines is 1. The van der Waals surface area contributed by atoms with E-state index in [0.717, 1.165) is 39.7 Å². The third-order valence-electron chi connectivity index (χ3n) is 3.74. The summed E-state index contributed by atoms with van der Waals surface area (Å²) in [5.41, 5.74) is 5.34. The Bertz CT molecular complexity index is 647. The van der Waals surface area contributed by atoms with E-state index in [0.29, 0.717) is 6.54 Å². The number of rotatable bonds is 5. The number of nitrogens with one attached hydrogen (secondary N) is 1. The Balaban J connectivity index is 2.25. The van der Waals surface area contributed by atoms with Crippen molar-refractivity contribution in [1.82, 2.24) is 9.78 Å². The number of hydrogen-bond donors (Lipinski definition) is 1. The van der Waals surface area contributed by atoms with Crippen LogP contribution in [0.2, 0.25) is 0 Å². The molecule has 0 atom stereocenters. The second kappa shape index (κ2) is 6.08. The highest BCUT2D eigenvalue weighted by Crippen LogP contribution is 2.30. The average Bonchev–Trinajstić information content (AvgIpc) is 2.72. The molecule has 1 N–H and O–H groups in total. The molecule has 0 spiro atoms. The van der Waals surface area contributed by atoms with Gasteiger partial charge in [-0.1, -0.05) is 6.07 Å². The summed E-state index contributed by atoms with van der Waals surface area (Å²) in [5.74, 6) is 1.71. The molecule has 0 amide bonds. The fourth-order valence-corrected chi connectivity index (χ4v) is 2.66. The van der Waals surface area contributed by atoms with Crippen molar-refractivity contribution >= 4 is 5.69 Å². The van der Waals surface area contributed by atoms with E-state index in [4.69, 9.17) is 9.47 Å². The van der Waals surface area contributed by atoms with E-state index in [1.54, 1.807) is 18.9 Å². The van der Waals surface area contributed by atoms with Crippen molar-refractivity contribution in [3.05, 3.63) is 34.5 Å². The largest absolute Gasteiger partial charge is 0.496 e. The molecule has 0 saturated heterocycles. The van der Waals surface area contributed by atoms with Crippen LogP contribution in [0.5, 0.6) is 11.6 Å². The molecule has 2 rings (SSSR count). The summed E-state index contributed by atoms with van der Waals surface area (Å²) in [6.45, 7) is 6.75. The van der Waals surface area contributed by atoms with E-state index in [2.05, 4.69) is 29.5 Å². The molecular formula is C16H23N3O2. The lowest BCUT2D eigenvalue weighted by molar-refractivity contribution is 0.370. The Morgan fingerprint density at radius 2 is 1.86 bits per heavy atom. The topological polar surface area (TPSA) is 48.3 Å². The molecule has 1 heterocycles. The molecule has 0 bridgehead atoms. The standard InChI is InChI=1S/C16H23N3O2/c1-10-7-8-14(11(2)15(10)20-5)17-9-13-12(3)18-19(4)16(13)21-6/h7-8,17H,9H2,1-6H3. The molecular weight excluding hydrogens is 266 g/mol. The maximum atomic E-state index is 5.46. The Kier molecular flexibility index (Phi) is 4.40. The van der Waals surface area contributed by atoms with Gasteiger partial charge in [0, 0.05) is 24.8 Å². The van der Waals surface area contributed by atoms with Crippen molar-refractivity contribution < 1.29 is 9.47 Å². The minimum absolute atomic E-state index is 0.663. The molecule has 0 radical (unpaired) electrons. The predicted molar refractivity (Wildman–Crippen MR) is 84.3 cm³/mol. The van der Waals surface area contributed by atoms with Crippen molar-refractivity contribution in [2.75, 3.05) is 19.5 Å². The number of aryl methyl sites for hydroxylation is 3. The van der Waals surface area contributed by atoms with Gasteiger partial charge in [-0.15, -0.1) is 0 Å². The summed E-state index contributed by atoms with van der Waals surface area (Å²) >= 11 is 0. The lowest BCUT2D eigenvalue weighted by Crippen LogP contribution is -2.05. The van der Waals surface area contributed by atoms with Crippen LogP contribution in [0, 0.1) is 20.8 Å². The Morgan fingerprint density at radius 3 is 2.48 bits per heavy atom. The van der Waals surface area contributed by atoms with Crippen molar-refractivity contribution in [2.45, 2.75) is 27.3 Å². The first kappa shape index (κ1) is 15.2. The second-order valence-electron chi connectivity index (χ2n) is 5.14. The molecule has 0 aliphatic heterocycles. The quantitative estimate of drug-likeness (QED) is 0.919. The van der Waals surface area contributed by atoms with Gasteiger partial charge >= 0.3 is 0 Å². The van der Waals surface area contributed by atoms with Gasteiger partial charge in [0.05, 0.1) is 25.5 Å². The first-order chi connectivity index (χ1) is 9.99. The SMILES string of the molecule is COc1c(C)ccc(NCc2c(C)nn(C)c2OC)c1C. The minimum atomic E-state index is 0.663. The number of nitrogens with zero attached hydrogens (tertiary/aromatic N) is 2. The number of ether oxygens (including phenoxy) is 2. The first-order valence-corrected chi connectivity index (χ1v) is 6.94. The Morgan fingerprint density at radius 1 is 1.14 bits per heavy atom. The minimum Gasteiger partial charge on any atom is -0.496 e. The lowest BCUT2D eigenvalue weighted by atomic mass is 10.1. The van der Waals surface area contributed by atoms with Gasteiger partial charge < -0.3 is 14.8 Å². The fourth-order valence-electron chi connectivity index (χ4n) is 2.66. The van der Waals surface area contributed by atoms with Gasteiger partial charge in [-0.2, -0.15) is 5.10 Å². The van der Waals surface area contributed by atoms with Crippen molar-refractivity contribution in [3.8, 4) is 11.6 Å². The van der Waals surface area contributed by atoms with Crippen LogP contribution in [0.25, 0.3) is 0 Å². The highest BCUT2D eigenvalue weighted by Gasteiger charge is 2.14. The first-order valence-electron chi connectivity index (χ1n) is 6.94. The van der Waals surface area contributed by atoms with Gasteiger partial charge in [-0.25, -0.2) is 4.68 Å². The third kappa shape index (κ3) is 2.82. The molecule has 1 aromatic carbocycles. The maximum Gasteiger partial charge on any atom is 0.216 e. The molecule has 0 unspecified atom stereocenters. The summed E-state index contributed by atoms with van der Waals surface area (Å²) < 4.78 is 12.6. The van der Waals surface area contributed by atoms with Gasteiger partial charge in [0.15, 0.2) is 0 Å². The number of aromatic nitrogens is 2. The van der Waals surface area contributed by atoms with Gasteiger partial charge in [-0.05, 0) is 32.4 Å². The Hall–Kier alpha value is -2.17. The normalized spacial score (nSPS) is 10.6. The summed E-state index contributed by atoms with van der Waals surface area (Å²) in [6.07, 6.45) is 0. The third-order valence-corrected chi connectivity index (χ3v) is 3.74. The van der Waals surface area contributed by atoms with Crippen molar-refractivity contribution in [1.29, 1.82) is 0 Å². The number of benzene rings is 1. The van der Waals surface area contributed by atoms with Crippen LogP contribution in [-0.2, 0) is 13.6 Å². The number of hydrogen-bond acceptors (Lipinski definition) is 4. The van der Waals surface area contributed by atoms with E-state index in [1.807, 2.05) is 20.9 Å². The van der Waals surface area contributed by atoms with Crippen LogP contribution in [0.1, 0.15) is 22.4 Å². The molecule has 0 fully saturated rings. The monoisotopic (exact) mass is 289 g/mol. The van der Waals surface area contributed by atoms with Crippen molar-refractivity contribution in [2.24, 2.45) is 7.05 Å². The van der Waals surface area contributed by atoms with Crippen LogP contribution in [-0.4, -0.2) is 24.0 Å². The van der Waals surface area contributed by atoms with Gasteiger partial charge in [-0.3, -0.25) is 0 Å². The van der Waals surface area contributed by atoms with E-state index in [-0.39, 0.29) is 0 Å². The second-order valence-corrected chi connectivity index (χ2v) is 5.14. The van der Waals surface area contributed by atoms with E-state index in [1.165, 1.54) is 0 Å². The molecule has 5 nitrogen and oxygen atoms in total. The van der Waals surface area contributed by atoms with E-state index < -0.39 is 0 Å². The summed E-state index contributed by atoms with van der Waals surface area (Å²) in [5, 5.41) is 7.84. The molecule has 0 aliphatic carbocycles. The zero-order chi connectivity index (χ0) is 15.6. The molecule has 114 valence electrons. The molecule has 5 heteroatoms. The van der Waals surface area contributed by atoms with Gasteiger partial charge in [0.1, 0.15) is 5.75 Å². The average molecular weight is 289 g/mol. The zero-order valence-corrected chi connectivity index (χ0v) is 13.6. The van der Waals surface area contributed by atoms with Gasteiger partial charge in [0.2, 0.25) is 5.88 Å². The Labute approximate surface area is 125 Å². The highest BCUT2D eigenvalue weighted by atomic mass is 16.5. The fraction of sp³-hybridized carbons (Fsp3) is 0.438. The molecule has 2 aromatic rings. The zero-order valence-electron chi connectivity index (χ0n) is 13.6. The smallest absolute Gasteiger partial charge is 0.216 e. The molecule has 1 aromatic heterocycles. The van der Waals surface area contributed by atoms with Gasteiger partial charge in [0.25, 0.3) is 0 Å². The maximum absolute atomic E-state index is 5.46. The highest BCUT2D eigenvalue weighted by molar-refractivity contribution is 5.60. The van der Waals surface area contributed by atoms with Crippen molar-refractivity contribution in [3.63, 3.8) is 0 Å². The van der Waals surface area contributed by atoms with Crippen LogP contribution < -0.4 is 14.8 Å². The molecule has 0 saturated carbocycles. The summed E-state index contributed by atoms with van der Waals surface area (Å²) in [7, 11) is 5.25. The summed E-state index contributed by atoms with van der Waals surface area (Å²) in [6, 6.07) is 4.13. The van der Waals surface area contributed by atoms with Crippen LogP contribution in [0.15, 0.2) is 12.1 Å². The molecule has 0 aliphatic rings. The van der Waals surface area contributed by atoms with Crippen LogP contribution in [0.4, 0.5) is 5.69 Å². The van der Waals surface area contributed by atoms with Crippen LogP contribution >= 0.6 is 0 Å². The lowest BCUT2D eigenvalue weighted by Gasteiger charge is -2.15. The van der Waals surface area contributed by atoms with E-state index >= 15 is 0 Å².